The van der Waals surface area contributed by atoms with Crippen LogP contribution in [0.4, 0.5) is 0 Å². The molecule has 6 nitrogen and oxygen atoms in total. The van der Waals surface area contributed by atoms with Crippen LogP contribution in [0.3, 0.4) is 0 Å². The number of benzene rings is 2. The molecule has 138 valence electrons. The monoisotopic (exact) mass is 377 g/mol. The van der Waals surface area contributed by atoms with Gasteiger partial charge in [-0.2, -0.15) is 0 Å². The molecule has 0 saturated heterocycles. The molecule has 1 atom stereocenters. The average Bonchev–Trinajstić information content (AvgIpc) is 2.61. The molecule has 2 aromatic rings. The molecule has 0 radical (unpaired) electrons. The van der Waals surface area contributed by atoms with E-state index in [0.717, 1.165) is 5.56 Å². The third-order valence-electron chi connectivity index (χ3n) is 3.80. The van der Waals surface area contributed by atoms with Gasteiger partial charge < -0.3 is 19.9 Å². The zero-order valence-corrected chi connectivity index (χ0v) is 15.2. The lowest BCUT2D eigenvalue weighted by molar-refractivity contribution is -0.137. The Morgan fingerprint density at radius 2 is 1.73 bits per heavy atom. The van der Waals surface area contributed by atoms with Crippen LogP contribution in [0, 0.1) is 0 Å². The number of nitrogens with one attached hydrogen (secondary N) is 1. The van der Waals surface area contributed by atoms with Crippen molar-refractivity contribution in [2.75, 3.05) is 14.2 Å². The van der Waals surface area contributed by atoms with Crippen molar-refractivity contribution in [1.29, 1.82) is 0 Å². The first-order valence-electron chi connectivity index (χ1n) is 7.90. The van der Waals surface area contributed by atoms with Crippen molar-refractivity contribution >= 4 is 23.5 Å². The standard InChI is InChI=1S/C19H20ClNO5/c1-25-16-8-3-12(9-17(16)26-2)10-18(22)21-15(11-19(23)24)13-4-6-14(20)7-5-13/h3-9,15H,10-11H2,1-2H3,(H,21,22)(H,23,24)/t15-/m0/s1. The minimum Gasteiger partial charge on any atom is -0.493 e. The second-order valence-corrected chi connectivity index (χ2v) is 6.07. The summed E-state index contributed by atoms with van der Waals surface area (Å²) in [7, 11) is 3.05. The maximum atomic E-state index is 12.4. The molecular formula is C19H20ClNO5. The first-order chi connectivity index (χ1) is 12.4. The summed E-state index contributed by atoms with van der Waals surface area (Å²) in [4.78, 5) is 23.5. The molecule has 26 heavy (non-hydrogen) atoms. The summed E-state index contributed by atoms with van der Waals surface area (Å²) in [6, 6.07) is 11.3. The van der Waals surface area contributed by atoms with Crippen molar-refractivity contribution in [1.82, 2.24) is 5.32 Å². The van der Waals surface area contributed by atoms with Crippen LogP contribution in [0.25, 0.3) is 0 Å². The summed E-state index contributed by atoms with van der Waals surface area (Å²) in [5.74, 6) is -0.200. The fraction of sp³-hybridized carbons (Fsp3) is 0.263. The zero-order chi connectivity index (χ0) is 19.1. The molecule has 0 saturated carbocycles. The summed E-state index contributed by atoms with van der Waals surface area (Å²) in [5, 5.41) is 12.4. The number of carbonyl (C=O) groups excluding carboxylic acids is 1. The van der Waals surface area contributed by atoms with E-state index in [0.29, 0.717) is 22.1 Å². The van der Waals surface area contributed by atoms with E-state index >= 15 is 0 Å². The van der Waals surface area contributed by atoms with Gasteiger partial charge in [-0.1, -0.05) is 29.8 Å². The van der Waals surface area contributed by atoms with Gasteiger partial charge in [0, 0.05) is 5.02 Å². The Bertz CT molecular complexity index is 776. The molecule has 0 fully saturated rings. The van der Waals surface area contributed by atoms with E-state index in [1.165, 1.54) is 14.2 Å². The number of carboxylic acid groups (broad SMARTS) is 1. The lowest BCUT2D eigenvalue weighted by Gasteiger charge is -2.18. The summed E-state index contributed by atoms with van der Waals surface area (Å²) in [6.07, 6.45) is -0.136. The molecular weight excluding hydrogens is 358 g/mol. The van der Waals surface area contributed by atoms with Crippen molar-refractivity contribution in [3.8, 4) is 11.5 Å². The van der Waals surface area contributed by atoms with Crippen molar-refractivity contribution in [3.63, 3.8) is 0 Å². The van der Waals surface area contributed by atoms with Gasteiger partial charge >= 0.3 is 5.97 Å². The Hall–Kier alpha value is -2.73. The Morgan fingerprint density at radius 3 is 2.31 bits per heavy atom. The van der Waals surface area contributed by atoms with Crippen molar-refractivity contribution in [3.05, 3.63) is 58.6 Å². The quantitative estimate of drug-likeness (QED) is 0.737. The van der Waals surface area contributed by atoms with Crippen LogP contribution < -0.4 is 14.8 Å². The Kier molecular flexibility index (Phi) is 6.86. The predicted octanol–water partition coefficient (Wildman–Crippen LogP) is 3.23. The SMILES string of the molecule is COc1ccc(CC(=O)N[C@@H](CC(=O)O)c2ccc(Cl)cc2)cc1OC. The number of aliphatic carboxylic acids is 1. The molecule has 0 heterocycles. The van der Waals surface area contributed by atoms with Gasteiger partial charge in [0.2, 0.25) is 5.91 Å². The van der Waals surface area contributed by atoms with Gasteiger partial charge in [0.25, 0.3) is 0 Å². The molecule has 0 aliphatic heterocycles. The molecule has 2 rings (SSSR count). The van der Waals surface area contributed by atoms with Gasteiger partial charge in [0.05, 0.1) is 33.1 Å². The lowest BCUT2D eigenvalue weighted by atomic mass is 10.0. The minimum absolute atomic E-state index is 0.0874. The van der Waals surface area contributed by atoms with E-state index < -0.39 is 12.0 Å². The van der Waals surface area contributed by atoms with Crippen molar-refractivity contribution in [2.45, 2.75) is 18.9 Å². The third kappa shape index (κ3) is 5.39. The summed E-state index contributed by atoms with van der Waals surface area (Å²) in [6.45, 7) is 0. The number of ether oxygens (including phenoxy) is 2. The van der Waals surface area contributed by atoms with Gasteiger partial charge in [-0.25, -0.2) is 0 Å². The molecule has 2 aromatic carbocycles. The fourth-order valence-electron chi connectivity index (χ4n) is 2.54. The molecule has 7 heteroatoms. The van der Waals surface area contributed by atoms with E-state index in [1.54, 1.807) is 42.5 Å². The summed E-state index contributed by atoms with van der Waals surface area (Å²) < 4.78 is 10.4. The number of halogens is 1. The van der Waals surface area contributed by atoms with Crippen LogP contribution in [0.2, 0.25) is 5.02 Å². The van der Waals surface area contributed by atoms with E-state index in [9.17, 15) is 9.59 Å². The van der Waals surface area contributed by atoms with Crippen LogP contribution in [0.5, 0.6) is 11.5 Å². The molecule has 0 bridgehead atoms. The average molecular weight is 378 g/mol. The number of carbonyl (C=O) groups is 2. The summed E-state index contributed by atoms with van der Waals surface area (Å²) >= 11 is 5.86. The molecule has 2 N–H and O–H groups in total. The molecule has 0 aliphatic carbocycles. The van der Waals surface area contributed by atoms with Gasteiger partial charge in [0.1, 0.15) is 0 Å². The zero-order valence-electron chi connectivity index (χ0n) is 14.5. The third-order valence-corrected chi connectivity index (χ3v) is 4.05. The number of methoxy groups -OCH3 is 2. The second-order valence-electron chi connectivity index (χ2n) is 5.64. The van der Waals surface area contributed by atoms with Crippen LogP contribution >= 0.6 is 11.6 Å². The largest absolute Gasteiger partial charge is 0.493 e. The van der Waals surface area contributed by atoms with E-state index in [-0.39, 0.29) is 18.7 Å². The lowest BCUT2D eigenvalue weighted by Crippen LogP contribution is -2.31. The number of rotatable bonds is 8. The number of hydrogen-bond acceptors (Lipinski definition) is 4. The van der Waals surface area contributed by atoms with Crippen molar-refractivity contribution < 1.29 is 24.2 Å². The molecule has 0 aromatic heterocycles. The second kappa shape index (κ2) is 9.10. The highest BCUT2D eigenvalue weighted by molar-refractivity contribution is 6.30. The highest BCUT2D eigenvalue weighted by atomic mass is 35.5. The Balaban J connectivity index is 2.11. The highest BCUT2D eigenvalue weighted by Gasteiger charge is 2.18. The van der Waals surface area contributed by atoms with Crippen LogP contribution in [-0.2, 0) is 16.0 Å². The highest BCUT2D eigenvalue weighted by Crippen LogP contribution is 2.28. The van der Waals surface area contributed by atoms with Gasteiger partial charge in [-0.05, 0) is 35.4 Å². The van der Waals surface area contributed by atoms with Crippen LogP contribution in [0.15, 0.2) is 42.5 Å². The van der Waals surface area contributed by atoms with E-state index in [1.807, 2.05) is 0 Å². The maximum absolute atomic E-state index is 12.4. The van der Waals surface area contributed by atoms with E-state index in [4.69, 9.17) is 26.2 Å². The first-order valence-corrected chi connectivity index (χ1v) is 8.28. The Morgan fingerprint density at radius 1 is 1.08 bits per heavy atom. The maximum Gasteiger partial charge on any atom is 0.305 e. The van der Waals surface area contributed by atoms with Gasteiger partial charge in [-0.15, -0.1) is 0 Å². The first kappa shape index (κ1) is 19.6. The fourth-order valence-corrected chi connectivity index (χ4v) is 2.67. The van der Waals surface area contributed by atoms with Crippen LogP contribution in [0.1, 0.15) is 23.6 Å². The minimum atomic E-state index is -1.00. The van der Waals surface area contributed by atoms with Crippen molar-refractivity contribution in [2.24, 2.45) is 0 Å². The smallest absolute Gasteiger partial charge is 0.305 e. The topological polar surface area (TPSA) is 84.9 Å². The van der Waals surface area contributed by atoms with Crippen LogP contribution in [-0.4, -0.2) is 31.2 Å². The Labute approximate surface area is 156 Å². The van der Waals surface area contributed by atoms with Gasteiger partial charge in [0.15, 0.2) is 11.5 Å². The normalized spacial score (nSPS) is 11.5. The molecule has 1 amide bonds. The predicted molar refractivity (Wildman–Crippen MR) is 97.8 cm³/mol. The molecule has 0 unspecified atom stereocenters. The number of amides is 1. The summed E-state index contributed by atoms with van der Waals surface area (Å²) in [5.41, 5.74) is 1.41. The molecule has 0 spiro atoms. The van der Waals surface area contributed by atoms with E-state index in [2.05, 4.69) is 5.32 Å². The number of carboxylic acids is 1. The number of hydrogen-bond donors (Lipinski definition) is 2. The van der Waals surface area contributed by atoms with Gasteiger partial charge in [-0.3, -0.25) is 9.59 Å². The molecule has 0 aliphatic rings.